The van der Waals surface area contributed by atoms with E-state index in [9.17, 15) is 0 Å². The summed E-state index contributed by atoms with van der Waals surface area (Å²) < 4.78 is 5.32. The molecule has 1 nitrogen and oxygen atoms in total. The summed E-state index contributed by atoms with van der Waals surface area (Å²) in [6.45, 7) is 4.72. The number of rotatable bonds is 4. The largest absolute Gasteiger partial charge is 0.310 e. The van der Waals surface area contributed by atoms with E-state index in [-0.39, 0.29) is 5.41 Å². The lowest BCUT2D eigenvalue weighted by atomic mass is 9.82. The Morgan fingerprint density at radius 3 is 1.96 bits per heavy atom. The van der Waals surface area contributed by atoms with E-state index in [1.54, 1.807) is 0 Å². The highest BCUT2D eigenvalue weighted by atomic mass is 32.1. The Bertz CT molecular complexity index is 3400. The van der Waals surface area contributed by atoms with E-state index in [4.69, 9.17) is 0 Å². The summed E-state index contributed by atoms with van der Waals surface area (Å²) in [6.07, 6.45) is 0. The maximum atomic E-state index is 2.51. The third-order valence-electron chi connectivity index (χ3n) is 12.2. The fraction of sp³-hybridized carbons (Fsp3) is 0.0566. The summed E-state index contributed by atoms with van der Waals surface area (Å²) in [5.41, 5.74) is 11.3. The first-order valence-corrected chi connectivity index (χ1v) is 21.0. The molecule has 0 fully saturated rings. The molecule has 0 atom stereocenters. The molecule has 9 aromatic carbocycles. The van der Waals surface area contributed by atoms with Crippen LogP contribution in [0, 0.1) is 0 Å². The topological polar surface area (TPSA) is 3.24 Å². The lowest BCUT2D eigenvalue weighted by Crippen LogP contribution is -2.15. The Balaban J connectivity index is 1.12. The molecule has 0 N–H and O–H groups in total. The fourth-order valence-corrected chi connectivity index (χ4v) is 11.9. The summed E-state index contributed by atoms with van der Waals surface area (Å²) in [7, 11) is 0. The van der Waals surface area contributed by atoms with Crippen LogP contribution in [0.2, 0.25) is 0 Å². The average molecular weight is 750 g/mol. The predicted octanol–water partition coefficient (Wildman–Crippen LogP) is 16.2. The van der Waals surface area contributed by atoms with Crippen molar-refractivity contribution in [2.75, 3.05) is 4.90 Å². The van der Waals surface area contributed by atoms with Crippen molar-refractivity contribution in [3.63, 3.8) is 0 Å². The van der Waals surface area contributed by atoms with Gasteiger partial charge < -0.3 is 4.90 Å². The molecule has 0 amide bonds. The molecule has 11 aromatic rings. The molecular weight excluding hydrogens is 715 g/mol. The number of fused-ring (bicyclic) bond motifs is 13. The second kappa shape index (κ2) is 11.9. The number of nitrogens with zero attached hydrogens (tertiary/aromatic N) is 1. The second-order valence-corrected chi connectivity index (χ2v) is 17.8. The molecule has 0 saturated heterocycles. The lowest BCUT2D eigenvalue weighted by Gasteiger charge is -2.28. The molecule has 0 spiro atoms. The molecule has 12 rings (SSSR count). The normalized spacial score (nSPS) is 13.3. The van der Waals surface area contributed by atoms with Crippen molar-refractivity contribution in [2.45, 2.75) is 19.3 Å². The minimum Gasteiger partial charge on any atom is -0.310 e. The van der Waals surface area contributed by atoms with Crippen molar-refractivity contribution in [2.24, 2.45) is 0 Å². The summed E-state index contributed by atoms with van der Waals surface area (Å²) in [4.78, 5) is 2.51. The van der Waals surface area contributed by atoms with Gasteiger partial charge in [0.15, 0.2) is 0 Å². The number of hydrogen-bond donors (Lipinski definition) is 0. The van der Waals surface area contributed by atoms with Crippen molar-refractivity contribution in [3.8, 4) is 22.3 Å². The summed E-state index contributed by atoms with van der Waals surface area (Å²) >= 11 is 3.83. The maximum Gasteiger partial charge on any atom is 0.0555 e. The van der Waals surface area contributed by atoms with E-state index in [0.29, 0.717) is 0 Å². The van der Waals surface area contributed by atoms with Crippen molar-refractivity contribution in [3.05, 3.63) is 187 Å². The molecule has 0 aliphatic heterocycles. The number of anilines is 3. The Morgan fingerprint density at radius 1 is 0.411 bits per heavy atom. The lowest BCUT2D eigenvalue weighted by molar-refractivity contribution is 0.660. The first-order chi connectivity index (χ1) is 27.5. The van der Waals surface area contributed by atoms with Gasteiger partial charge in [-0.05, 0) is 110 Å². The van der Waals surface area contributed by atoms with Crippen molar-refractivity contribution < 1.29 is 0 Å². The van der Waals surface area contributed by atoms with E-state index in [2.05, 4.69) is 195 Å². The standard InChI is InChI=1S/C53H35NS2/c1-53(2)43-15-8-7-14-40(43)42-31-38(25-27-44(42)53)54(37-23-20-33(21-24-37)36-19-18-32-10-3-4-12-35(32)30-36)45-16-9-17-46-50(45)51-48(55-46)29-28-47-49(51)41-26-22-34-11-5-6-13-39(34)52(41)56-47/h3-31H,1-2H3. The van der Waals surface area contributed by atoms with Crippen LogP contribution in [0.15, 0.2) is 176 Å². The van der Waals surface area contributed by atoms with Gasteiger partial charge in [0, 0.05) is 57.1 Å². The Hall–Kier alpha value is -6.26. The first-order valence-electron chi connectivity index (χ1n) is 19.3. The first kappa shape index (κ1) is 32.0. The zero-order chi connectivity index (χ0) is 37.1. The SMILES string of the molecule is CC1(C)c2ccccc2-c2cc(N(c3ccc(-c4ccc5ccccc5c4)cc3)c3cccc4sc5ccc6sc7c8ccccc8ccc7c6c5c34)ccc21. The van der Waals surface area contributed by atoms with Crippen LogP contribution in [0.25, 0.3) is 84.1 Å². The van der Waals surface area contributed by atoms with E-state index < -0.39 is 0 Å². The van der Waals surface area contributed by atoms with Crippen LogP contribution in [0.4, 0.5) is 17.1 Å². The zero-order valence-corrected chi connectivity index (χ0v) is 32.6. The fourth-order valence-electron chi connectivity index (χ4n) is 9.52. The zero-order valence-electron chi connectivity index (χ0n) is 31.0. The van der Waals surface area contributed by atoms with Crippen LogP contribution in [-0.2, 0) is 5.41 Å². The molecule has 56 heavy (non-hydrogen) atoms. The van der Waals surface area contributed by atoms with Crippen molar-refractivity contribution in [1.29, 1.82) is 0 Å². The van der Waals surface area contributed by atoms with E-state index in [0.717, 1.165) is 11.4 Å². The van der Waals surface area contributed by atoms with Gasteiger partial charge >= 0.3 is 0 Å². The third-order valence-corrected chi connectivity index (χ3v) is 14.6. The molecule has 1 aliphatic rings. The molecule has 0 unspecified atom stereocenters. The Morgan fingerprint density at radius 2 is 1.09 bits per heavy atom. The van der Waals surface area contributed by atoms with Crippen LogP contribution in [0.5, 0.6) is 0 Å². The highest BCUT2D eigenvalue weighted by Gasteiger charge is 2.35. The van der Waals surface area contributed by atoms with Crippen LogP contribution < -0.4 is 4.90 Å². The van der Waals surface area contributed by atoms with Gasteiger partial charge in [-0.25, -0.2) is 0 Å². The summed E-state index contributed by atoms with van der Waals surface area (Å²) in [6, 6.07) is 65.7. The smallest absolute Gasteiger partial charge is 0.0555 e. The van der Waals surface area contributed by atoms with E-state index in [1.807, 2.05) is 22.7 Å². The molecule has 2 heterocycles. The number of benzene rings is 9. The highest BCUT2D eigenvalue weighted by Crippen LogP contribution is 2.53. The quantitative estimate of drug-likeness (QED) is 0.173. The molecule has 0 bridgehead atoms. The van der Waals surface area contributed by atoms with Gasteiger partial charge in [-0.3, -0.25) is 0 Å². The molecule has 0 saturated carbocycles. The van der Waals surface area contributed by atoms with Crippen LogP contribution >= 0.6 is 22.7 Å². The minimum atomic E-state index is -0.0594. The predicted molar refractivity (Wildman–Crippen MR) is 245 cm³/mol. The summed E-state index contributed by atoms with van der Waals surface area (Å²) in [5.74, 6) is 0. The van der Waals surface area contributed by atoms with Gasteiger partial charge in [0.05, 0.1) is 5.69 Å². The van der Waals surface area contributed by atoms with Crippen LogP contribution in [0.1, 0.15) is 25.0 Å². The van der Waals surface area contributed by atoms with E-state index in [1.165, 1.54) is 101 Å². The minimum absolute atomic E-state index is 0.0594. The van der Waals surface area contributed by atoms with Crippen LogP contribution in [0.3, 0.4) is 0 Å². The van der Waals surface area contributed by atoms with Gasteiger partial charge in [-0.15, -0.1) is 22.7 Å². The molecule has 264 valence electrons. The van der Waals surface area contributed by atoms with Gasteiger partial charge in [-0.1, -0.05) is 135 Å². The monoisotopic (exact) mass is 749 g/mol. The number of hydrogen-bond acceptors (Lipinski definition) is 3. The molecule has 3 heteroatoms. The van der Waals surface area contributed by atoms with Crippen LogP contribution in [-0.4, -0.2) is 0 Å². The average Bonchev–Trinajstić information content (AvgIpc) is 3.89. The van der Waals surface area contributed by atoms with Crippen molar-refractivity contribution >= 4 is 102 Å². The molecule has 1 aliphatic carbocycles. The molecule has 0 radical (unpaired) electrons. The number of thiophene rings is 2. The van der Waals surface area contributed by atoms with E-state index >= 15 is 0 Å². The Labute approximate surface area is 333 Å². The maximum absolute atomic E-state index is 2.51. The van der Waals surface area contributed by atoms with Gasteiger partial charge in [0.1, 0.15) is 0 Å². The molecule has 2 aromatic heterocycles. The molecular formula is C53H35NS2. The Kier molecular flexibility index (Phi) is 6.79. The summed E-state index contributed by atoms with van der Waals surface area (Å²) in [5, 5.41) is 10.5. The highest BCUT2D eigenvalue weighted by molar-refractivity contribution is 7.28. The van der Waals surface area contributed by atoms with Gasteiger partial charge in [-0.2, -0.15) is 0 Å². The van der Waals surface area contributed by atoms with Gasteiger partial charge in [0.2, 0.25) is 0 Å². The third kappa shape index (κ3) is 4.59. The second-order valence-electron chi connectivity index (χ2n) is 15.7. The van der Waals surface area contributed by atoms with Crippen molar-refractivity contribution in [1.82, 2.24) is 0 Å². The van der Waals surface area contributed by atoms with Gasteiger partial charge in [0.25, 0.3) is 0 Å².